The van der Waals surface area contributed by atoms with Crippen molar-refractivity contribution in [2.75, 3.05) is 6.54 Å². The van der Waals surface area contributed by atoms with Gasteiger partial charge in [0.05, 0.1) is 12.5 Å². The van der Waals surface area contributed by atoms with Crippen molar-refractivity contribution >= 4 is 29.1 Å². The van der Waals surface area contributed by atoms with Gasteiger partial charge in [0.1, 0.15) is 11.6 Å². The average Bonchev–Trinajstić information content (AvgIpc) is 3.11. The molecule has 0 radical (unpaired) electrons. The van der Waals surface area contributed by atoms with Crippen LogP contribution in [0.25, 0.3) is 11.0 Å². The zero-order valence-electron chi connectivity index (χ0n) is 17.5. The summed E-state index contributed by atoms with van der Waals surface area (Å²) >= 11 is 0. The second-order valence-corrected chi connectivity index (χ2v) is 8.39. The fourth-order valence-corrected chi connectivity index (χ4v) is 3.21. The summed E-state index contributed by atoms with van der Waals surface area (Å²) in [7, 11) is 0. The Balaban J connectivity index is 2.25. The number of fused-ring (bicyclic) bond motifs is 1. The number of unbranched alkanes of at least 4 members (excludes halogenated alkanes) is 1. The minimum Gasteiger partial charge on any atom is -0.453 e. The van der Waals surface area contributed by atoms with E-state index in [-0.39, 0.29) is 30.4 Å². The molecule has 0 aliphatic heterocycles. The first kappa shape index (κ1) is 22.6. The lowest BCUT2D eigenvalue weighted by Gasteiger charge is -2.31. The van der Waals surface area contributed by atoms with E-state index in [1.165, 1.54) is 0 Å². The lowest BCUT2D eigenvalue weighted by atomic mass is 9.83. The number of para-hydroxylation sites is 1. The molecular formula is C22H30N2O5. The number of amides is 2. The number of carbonyl (C=O) groups excluding carboxylic acids is 3. The minimum atomic E-state index is -0.817. The molecule has 0 saturated carbocycles. The quantitative estimate of drug-likeness (QED) is 0.272. The van der Waals surface area contributed by atoms with E-state index in [0.29, 0.717) is 17.1 Å². The number of hydrogen-bond acceptors (Lipinski definition) is 5. The van der Waals surface area contributed by atoms with Crippen LogP contribution in [0.5, 0.6) is 0 Å². The fourth-order valence-electron chi connectivity index (χ4n) is 3.21. The van der Waals surface area contributed by atoms with Gasteiger partial charge >= 0.3 is 0 Å². The maximum Gasteiger partial charge on any atom is 0.233 e. The van der Waals surface area contributed by atoms with Crippen molar-refractivity contribution in [2.45, 2.75) is 53.0 Å². The summed E-state index contributed by atoms with van der Waals surface area (Å²) in [5.74, 6) is -1.11. The lowest BCUT2D eigenvalue weighted by Crippen LogP contribution is -2.52. The Hall–Kier alpha value is -2.67. The Morgan fingerprint density at radius 1 is 1.28 bits per heavy atom. The molecule has 2 unspecified atom stereocenters. The predicted molar refractivity (Wildman–Crippen MR) is 110 cm³/mol. The number of rotatable bonds is 10. The molecule has 0 spiro atoms. The van der Waals surface area contributed by atoms with E-state index in [4.69, 9.17) is 4.42 Å². The van der Waals surface area contributed by atoms with Crippen LogP contribution in [0.3, 0.4) is 0 Å². The Kier molecular flexibility index (Phi) is 7.56. The number of hydrogen-bond donors (Lipinski definition) is 2. The van der Waals surface area contributed by atoms with Gasteiger partial charge in [0, 0.05) is 5.39 Å². The third-order valence-corrected chi connectivity index (χ3v) is 4.89. The Morgan fingerprint density at radius 3 is 2.55 bits per heavy atom. The zero-order valence-corrected chi connectivity index (χ0v) is 17.5. The maximum absolute atomic E-state index is 13.2. The first-order chi connectivity index (χ1) is 13.7. The molecule has 158 valence electrons. The lowest BCUT2D eigenvalue weighted by molar-refractivity contribution is -0.154. The molecule has 1 heterocycles. The van der Waals surface area contributed by atoms with Crippen LogP contribution < -0.4 is 5.32 Å². The van der Waals surface area contributed by atoms with Gasteiger partial charge in [-0.05, 0) is 24.0 Å². The first-order valence-electron chi connectivity index (χ1n) is 9.91. The van der Waals surface area contributed by atoms with Gasteiger partial charge in [-0.15, -0.1) is 0 Å². The van der Waals surface area contributed by atoms with Crippen molar-refractivity contribution < 1.29 is 24.0 Å². The molecule has 0 saturated heterocycles. The van der Waals surface area contributed by atoms with E-state index in [0.717, 1.165) is 18.2 Å². The molecule has 0 aliphatic rings. The number of ketones is 1. The van der Waals surface area contributed by atoms with Crippen molar-refractivity contribution in [3.63, 3.8) is 0 Å². The zero-order chi connectivity index (χ0) is 21.6. The highest BCUT2D eigenvalue weighted by Gasteiger charge is 2.36. The van der Waals surface area contributed by atoms with Crippen LogP contribution in [0.4, 0.5) is 0 Å². The summed E-state index contributed by atoms with van der Waals surface area (Å²) in [5.41, 5.74) is 0.0440. The van der Waals surface area contributed by atoms with E-state index in [9.17, 15) is 19.6 Å². The highest BCUT2D eigenvalue weighted by Crippen LogP contribution is 2.27. The normalized spacial score (nSPS) is 13.7. The predicted octanol–water partition coefficient (Wildman–Crippen LogP) is 3.80. The van der Waals surface area contributed by atoms with Gasteiger partial charge in [0.25, 0.3) is 0 Å². The van der Waals surface area contributed by atoms with Crippen LogP contribution in [0.15, 0.2) is 34.7 Å². The molecule has 1 aromatic carbocycles. The van der Waals surface area contributed by atoms with Gasteiger partial charge in [-0.2, -0.15) is 0 Å². The van der Waals surface area contributed by atoms with Crippen molar-refractivity contribution in [2.24, 2.45) is 11.3 Å². The standard InChI is InChI=1S/C22H30N2O5/c1-5-6-9-16(13-24(28)14-25)21(27)23-20(22(2,3)4)19(26)18-12-15-10-7-8-11-17(15)29-18/h7-8,10-12,14,16,20,28H,5-6,9,13H2,1-4H3,(H,23,27). The van der Waals surface area contributed by atoms with Crippen molar-refractivity contribution in [3.05, 3.63) is 36.1 Å². The number of nitrogens with one attached hydrogen (secondary N) is 1. The molecule has 1 aromatic heterocycles. The van der Waals surface area contributed by atoms with Gasteiger partial charge in [-0.25, -0.2) is 5.06 Å². The minimum absolute atomic E-state index is 0.120. The highest BCUT2D eigenvalue weighted by molar-refractivity contribution is 6.03. The van der Waals surface area contributed by atoms with Crippen LogP contribution in [-0.2, 0) is 9.59 Å². The second kappa shape index (κ2) is 9.69. The largest absolute Gasteiger partial charge is 0.453 e. The summed E-state index contributed by atoms with van der Waals surface area (Å²) in [6, 6.07) is 8.20. The van der Waals surface area contributed by atoms with Crippen molar-refractivity contribution in [1.29, 1.82) is 0 Å². The molecule has 29 heavy (non-hydrogen) atoms. The molecule has 2 atom stereocenters. The van der Waals surface area contributed by atoms with Gasteiger partial charge < -0.3 is 9.73 Å². The van der Waals surface area contributed by atoms with Crippen LogP contribution in [0.2, 0.25) is 0 Å². The molecule has 0 aliphatic carbocycles. The monoisotopic (exact) mass is 402 g/mol. The number of furan rings is 1. The number of carbonyl (C=O) groups is 3. The molecule has 7 nitrogen and oxygen atoms in total. The Labute approximate surface area is 171 Å². The summed E-state index contributed by atoms with van der Waals surface area (Å²) in [4.78, 5) is 36.9. The van der Waals surface area contributed by atoms with Gasteiger partial charge in [0.15, 0.2) is 5.76 Å². The first-order valence-corrected chi connectivity index (χ1v) is 9.91. The molecule has 2 rings (SSSR count). The fraction of sp³-hybridized carbons (Fsp3) is 0.500. The van der Waals surface area contributed by atoms with Crippen LogP contribution in [0, 0.1) is 11.3 Å². The van der Waals surface area contributed by atoms with Crippen LogP contribution >= 0.6 is 0 Å². The summed E-state index contributed by atoms with van der Waals surface area (Å²) in [6.45, 7) is 7.47. The SMILES string of the molecule is CCCCC(CN(O)C=O)C(=O)NC(C(=O)c1cc2ccccc2o1)C(C)(C)C. The topological polar surface area (TPSA) is 99.9 Å². The average molecular weight is 402 g/mol. The van der Waals surface area contributed by atoms with Crippen molar-refractivity contribution in [3.8, 4) is 0 Å². The molecule has 7 heteroatoms. The smallest absolute Gasteiger partial charge is 0.233 e. The maximum atomic E-state index is 13.2. The number of benzene rings is 1. The molecule has 2 amide bonds. The second-order valence-electron chi connectivity index (χ2n) is 8.39. The van der Waals surface area contributed by atoms with E-state index in [2.05, 4.69) is 5.32 Å². The number of nitrogens with zero attached hydrogens (tertiary/aromatic N) is 1. The molecular weight excluding hydrogens is 372 g/mol. The summed E-state index contributed by atoms with van der Waals surface area (Å²) in [6.07, 6.45) is 2.41. The van der Waals surface area contributed by atoms with E-state index in [1.54, 1.807) is 12.1 Å². The van der Waals surface area contributed by atoms with Gasteiger partial charge in [-0.3, -0.25) is 19.6 Å². The Morgan fingerprint density at radius 2 is 1.97 bits per heavy atom. The number of Topliss-reactive ketones (excluding diaryl/α,β-unsaturated/α-hetero) is 1. The summed E-state index contributed by atoms with van der Waals surface area (Å²) < 4.78 is 5.70. The Bertz CT molecular complexity index is 819. The van der Waals surface area contributed by atoms with E-state index >= 15 is 0 Å². The molecule has 0 fully saturated rings. The summed E-state index contributed by atoms with van der Waals surface area (Å²) in [5, 5.41) is 13.7. The van der Waals surface area contributed by atoms with E-state index in [1.807, 2.05) is 45.9 Å². The third-order valence-electron chi connectivity index (χ3n) is 4.89. The third kappa shape index (κ3) is 5.90. The molecule has 0 bridgehead atoms. The highest BCUT2D eigenvalue weighted by atomic mass is 16.5. The number of hydroxylamine groups is 2. The molecule has 2 aromatic rings. The van der Waals surface area contributed by atoms with Crippen LogP contribution in [-0.4, -0.2) is 41.0 Å². The van der Waals surface area contributed by atoms with E-state index < -0.39 is 17.4 Å². The van der Waals surface area contributed by atoms with Crippen molar-refractivity contribution in [1.82, 2.24) is 10.4 Å². The van der Waals surface area contributed by atoms with Crippen LogP contribution in [0.1, 0.15) is 57.5 Å². The van der Waals surface area contributed by atoms with Gasteiger partial charge in [-0.1, -0.05) is 58.7 Å². The van der Waals surface area contributed by atoms with Gasteiger partial charge in [0.2, 0.25) is 18.1 Å². The molecule has 2 N–H and O–H groups in total.